The van der Waals surface area contributed by atoms with Gasteiger partial charge in [-0.25, -0.2) is 4.39 Å². The van der Waals surface area contributed by atoms with Gasteiger partial charge < -0.3 is 5.73 Å². The summed E-state index contributed by atoms with van der Waals surface area (Å²) in [5.74, 6) is -0.734. The Morgan fingerprint density at radius 2 is 1.63 bits per heavy atom. The van der Waals surface area contributed by atoms with Crippen LogP contribution in [0.2, 0.25) is 0 Å². The van der Waals surface area contributed by atoms with Crippen LogP contribution in [0.3, 0.4) is 0 Å². The molecule has 0 unspecified atom stereocenters. The Hall–Kier alpha value is -2.16. The lowest BCUT2D eigenvalue weighted by molar-refractivity contribution is 0.103. The van der Waals surface area contributed by atoms with Crippen molar-refractivity contribution in [1.82, 2.24) is 0 Å². The molecule has 0 heterocycles. The lowest BCUT2D eigenvalue weighted by atomic mass is 9.93. The highest BCUT2D eigenvalue weighted by Crippen LogP contribution is 2.21. The number of hydrogen-bond acceptors (Lipinski definition) is 2. The molecular weight excluding hydrogens is 241 g/mol. The van der Waals surface area contributed by atoms with E-state index >= 15 is 0 Å². The molecule has 0 aliphatic carbocycles. The van der Waals surface area contributed by atoms with Gasteiger partial charge in [0.05, 0.1) is 5.69 Å². The molecule has 2 aromatic rings. The highest BCUT2D eigenvalue weighted by Gasteiger charge is 2.16. The van der Waals surface area contributed by atoms with Crippen LogP contribution in [0, 0.1) is 26.6 Å². The molecule has 19 heavy (non-hydrogen) atoms. The van der Waals surface area contributed by atoms with Crippen LogP contribution in [0.1, 0.15) is 32.6 Å². The minimum absolute atomic E-state index is 0.0499. The number of hydrogen-bond donors (Lipinski definition) is 1. The summed E-state index contributed by atoms with van der Waals surface area (Å²) >= 11 is 0. The summed E-state index contributed by atoms with van der Waals surface area (Å²) in [6, 6.07) is 8.07. The molecule has 0 aromatic heterocycles. The van der Waals surface area contributed by atoms with Gasteiger partial charge in [0.15, 0.2) is 5.78 Å². The van der Waals surface area contributed by atoms with E-state index in [2.05, 4.69) is 0 Å². The number of carbonyl (C=O) groups is 1. The van der Waals surface area contributed by atoms with Crippen LogP contribution in [0.5, 0.6) is 0 Å². The summed E-state index contributed by atoms with van der Waals surface area (Å²) in [4.78, 5) is 12.5. The second-order valence-electron chi connectivity index (χ2n) is 4.84. The standard InChI is InChI=1S/C16H16FNO/c1-9-6-10(2)15(11(3)7-9)16(19)12-4-5-14(18)13(17)8-12/h4-8H,18H2,1-3H3. The number of halogens is 1. The number of rotatable bonds is 2. The van der Waals surface area contributed by atoms with Crippen LogP contribution in [0.25, 0.3) is 0 Å². The van der Waals surface area contributed by atoms with Gasteiger partial charge in [0.25, 0.3) is 0 Å². The number of ketones is 1. The molecule has 2 rings (SSSR count). The first-order valence-electron chi connectivity index (χ1n) is 6.07. The first kappa shape index (κ1) is 13.3. The van der Waals surface area contributed by atoms with Gasteiger partial charge in [0, 0.05) is 11.1 Å². The third-order valence-electron chi connectivity index (χ3n) is 3.17. The summed E-state index contributed by atoms with van der Waals surface area (Å²) in [5.41, 5.74) is 9.34. The molecule has 0 atom stereocenters. The Kier molecular flexibility index (Phi) is 3.38. The minimum atomic E-state index is -0.562. The van der Waals surface area contributed by atoms with E-state index < -0.39 is 5.82 Å². The summed E-state index contributed by atoms with van der Waals surface area (Å²) in [6.07, 6.45) is 0. The number of nitrogens with two attached hydrogens (primary N) is 1. The van der Waals surface area contributed by atoms with Crippen molar-refractivity contribution < 1.29 is 9.18 Å². The van der Waals surface area contributed by atoms with E-state index in [0.717, 1.165) is 16.7 Å². The second-order valence-corrected chi connectivity index (χ2v) is 4.84. The number of nitrogen functional groups attached to an aromatic ring is 1. The first-order chi connectivity index (χ1) is 8.90. The highest BCUT2D eigenvalue weighted by atomic mass is 19.1. The van der Waals surface area contributed by atoms with Crippen LogP contribution >= 0.6 is 0 Å². The molecule has 0 aliphatic heterocycles. The van der Waals surface area contributed by atoms with Crippen molar-refractivity contribution in [3.8, 4) is 0 Å². The van der Waals surface area contributed by atoms with Gasteiger partial charge in [0.1, 0.15) is 5.82 Å². The molecule has 2 N–H and O–H groups in total. The molecule has 0 aliphatic rings. The number of carbonyl (C=O) groups excluding carboxylic acids is 1. The van der Waals surface area contributed by atoms with Gasteiger partial charge >= 0.3 is 0 Å². The molecule has 0 amide bonds. The van der Waals surface area contributed by atoms with E-state index in [1.807, 2.05) is 32.9 Å². The van der Waals surface area contributed by atoms with Crippen LogP contribution in [0.4, 0.5) is 10.1 Å². The Morgan fingerprint density at radius 3 is 2.16 bits per heavy atom. The van der Waals surface area contributed by atoms with Crippen molar-refractivity contribution >= 4 is 11.5 Å². The molecule has 3 heteroatoms. The topological polar surface area (TPSA) is 43.1 Å². The molecule has 0 bridgehead atoms. The lowest BCUT2D eigenvalue weighted by Gasteiger charge is -2.10. The van der Waals surface area contributed by atoms with Gasteiger partial charge in [-0.15, -0.1) is 0 Å². The molecule has 0 saturated heterocycles. The fraction of sp³-hybridized carbons (Fsp3) is 0.188. The smallest absolute Gasteiger partial charge is 0.193 e. The zero-order valence-corrected chi connectivity index (χ0v) is 11.3. The van der Waals surface area contributed by atoms with E-state index in [1.54, 1.807) is 6.07 Å². The molecule has 2 aromatic carbocycles. The van der Waals surface area contributed by atoms with Crippen molar-refractivity contribution in [2.45, 2.75) is 20.8 Å². The Bertz CT molecular complexity index is 639. The van der Waals surface area contributed by atoms with E-state index in [4.69, 9.17) is 5.73 Å². The Labute approximate surface area is 112 Å². The van der Waals surface area contributed by atoms with Gasteiger partial charge in [0.2, 0.25) is 0 Å². The SMILES string of the molecule is Cc1cc(C)c(C(=O)c2ccc(N)c(F)c2)c(C)c1. The van der Waals surface area contributed by atoms with Crippen LogP contribution in [0.15, 0.2) is 30.3 Å². The van der Waals surface area contributed by atoms with Crippen molar-refractivity contribution in [3.05, 3.63) is 64.0 Å². The van der Waals surface area contributed by atoms with Crippen LogP contribution in [-0.2, 0) is 0 Å². The second kappa shape index (κ2) is 4.84. The minimum Gasteiger partial charge on any atom is -0.396 e. The van der Waals surface area contributed by atoms with Gasteiger partial charge in [-0.3, -0.25) is 4.79 Å². The third kappa shape index (κ3) is 2.50. The first-order valence-corrected chi connectivity index (χ1v) is 6.07. The maximum atomic E-state index is 13.4. The molecule has 0 spiro atoms. The lowest BCUT2D eigenvalue weighted by Crippen LogP contribution is -2.07. The van der Waals surface area contributed by atoms with E-state index in [-0.39, 0.29) is 11.5 Å². The average molecular weight is 257 g/mol. The molecule has 0 radical (unpaired) electrons. The fourth-order valence-electron chi connectivity index (χ4n) is 2.35. The molecule has 0 saturated carbocycles. The fourth-order valence-corrected chi connectivity index (χ4v) is 2.35. The van der Waals surface area contributed by atoms with Crippen LogP contribution < -0.4 is 5.73 Å². The summed E-state index contributed by atoms with van der Waals surface area (Å²) < 4.78 is 13.4. The Morgan fingerprint density at radius 1 is 1.05 bits per heavy atom. The number of anilines is 1. The monoisotopic (exact) mass is 257 g/mol. The van der Waals surface area contributed by atoms with E-state index in [0.29, 0.717) is 11.1 Å². The number of aryl methyl sites for hydroxylation is 3. The van der Waals surface area contributed by atoms with Gasteiger partial charge in [-0.2, -0.15) is 0 Å². The third-order valence-corrected chi connectivity index (χ3v) is 3.17. The van der Waals surface area contributed by atoms with Gasteiger partial charge in [-0.05, 0) is 50.1 Å². The van der Waals surface area contributed by atoms with Crippen molar-refractivity contribution in [2.75, 3.05) is 5.73 Å². The van der Waals surface area contributed by atoms with Crippen molar-refractivity contribution in [1.29, 1.82) is 0 Å². The summed E-state index contributed by atoms with van der Waals surface area (Å²) in [5, 5.41) is 0. The molecular formula is C16H16FNO. The van der Waals surface area contributed by atoms with E-state index in [9.17, 15) is 9.18 Å². The molecule has 98 valence electrons. The predicted octanol–water partition coefficient (Wildman–Crippen LogP) is 3.56. The number of benzene rings is 2. The zero-order valence-electron chi connectivity index (χ0n) is 11.3. The predicted molar refractivity (Wildman–Crippen MR) is 74.9 cm³/mol. The quantitative estimate of drug-likeness (QED) is 0.660. The molecule has 2 nitrogen and oxygen atoms in total. The summed E-state index contributed by atoms with van der Waals surface area (Å²) in [7, 11) is 0. The van der Waals surface area contributed by atoms with Crippen molar-refractivity contribution in [3.63, 3.8) is 0 Å². The normalized spacial score (nSPS) is 10.5. The van der Waals surface area contributed by atoms with Crippen molar-refractivity contribution in [2.24, 2.45) is 0 Å². The molecule has 0 fully saturated rings. The van der Waals surface area contributed by atoms with Gasteiger partial charge in [-0.1, -0.05) is 17.7 Å². The van der Waals surface area contributed by atoms with E-state index in [1.165, 1.54) is 12.1 Å². The summed E-state index contributed by atoms with van der Waals surface area (Å²) in [6.45, 7) is 5.76. The van der Waals surface area contributed by atoms with Crippen LogP contribution in [-0.4, -0.2) is 5.78 Å². The largest absolute Gasteiger partial charge is 0.396 e. The zero-order chi connectivity index (χ0) is 14.2. The Balaban J connectivity index is 2.53. The average Bonchev–Trinajstić information content (AvgIpc) is 2.31. The maximum absolute atomic E-state index is 13.4. The maximum Gasteiger partial charge on any atom is 0.193 e. The highest BCUT2D eigenvalue weighted by molar-refractivity contribution is 6.11.